The predicted octanol–water partition coefficient (Wildman–Crippen LogP) is 1.79. The molecule has 0 aliphatic heterocycles. The molecule has 0 atom stereocenters. The highest BCUT2D eigenvalue weighted by Crippen LogP contribution is 2.17. The molecule has 116 valence electrons. The van der Waals surface area contributed by atoms with E-state index in [-0.39, 0.29) is 5.54 Å². The molecule has 2 heterocycles. The summed E-state index contributed by atoms with van der Waals surface area (Å²) < 4.78 is 9.24. The van der Waals surface area contributed by atoms with E-state index in [1.807, 2.05) is 16.3 Å². The fourth-order valence-electron chi connectivity index (χ4n) is 2.09. The number of aromatic nitrogens is 6. The molecule has 2 rings (SSSR count). The van der Waals surface area contributed by atoms with Crippen molar-refractivity contribution in [2.45, 2.75) is 59.2 Å². The quantitative estimate of drug-likeness (QED) is 0.778. The average molecular weight is 292 g/mol. The topological polar surface area (TPSA) is 70.7 Å². The molecule has 0 spiro atoms. The van der Waals surface area contributed by atoms with E-state index in [0.29, 0.717) is 13.2 Å². The lowest BCUT2D eigenvalue weighted by molar-refractivity contribution is 0.127. The smallest absolute Gasteiger partial charge is 0.176 e. The van der Waals surface area contributed by atoms with E-state index in [1.54, 1.807) is 12.7 Å². The molecule has 0 fully saturated rings. The highest BCUT2D eigenvalue weighted by Gasteiger charge is 2.20. The van der Waals surface area contributed by atoms with Gasteiger partial charge in [0.1, 0.15) is 25.1 Å². The Kier molecular flexibility index (Phi) is 5.06. The Labute approximate surface area is 125 Å². The van der Waals surface area contributed by atoms with Gasteiger partial charge in [-0.15, -0.1) is 0 Å². The van der Waals surface area contributed by atoms with E-state index in [9.17, 15) is 0 Å². The normalized spacial score (nSPS) is 12.0. The minimum absolute atomic E-state index is 0.0833. The molecular formula is C14H24N6O. The molecule has 0 radical (unpaired) electrons. The van der Waals surface area contributed by atoms with Crippen LogP contribution in [0.4, 0.5) is 0 Å². The van der Waals surface area contributed by atoms with Crippen molar-refractivity contribution in [3.8, 4) is 0 Å². The molecule has 0 N–H and O–H groups in total. The van der Waals surface area contributed by atoms with Gasteiger partial charge in [0.2, 0.25) is 0 Å². The van der Waals surface area contributed by atoms with Crippen LogP contribution in [0, 0.1) is 0 Å². The first-order valence-corrected chi connectivity index (χ1v) is 7.36. The zero-order chi connectivity index (χ0) is 15.3. The second-order valence-electron chi connectivity index (χ2n) is 5.93. The van der Waals surface area contributed by atoms with Gasteiger partial charge >= 0.3 is 0 Å². The van der Waals surface area contributed by atoms with Gasteiger partial charge in [-0.3, -0.25) is 4.68 Å². The third kappa shape index (κ3) is 4.35. The van der Waals surface area contributed by atoms with Gasteiger partial charge in [-0.05, 0) is 34.1 Å². The Hall–Kier alpha value is -1.76. The van der Waals surface area contributed by atoms with Gasteiger partial charge in [-0.2, -0.15) is 10.2 Å². The Balaban J connectivity index is 2.03. The van der Waals surface area contributed by atoms with Crippen molar-refractivity contribution >= 4 is 0 Å². The number of aryl methyl sites for hydroxylation is 2. The molecule has 2 aromatic rings. The van der Waals surface area contributed by atoms with Gasteiger partial charge in [-0.1, -0.05) is 0 Å². The molecule has 0 saturated carbocycles. The molecule has 7 nitrogen and oxygen atoms in total. The van der Waals surface area contributed by atoms with Crippen molar-refractivity contribution in [2.24, 2.45) is 0 Å². The van der Waals surface area contributed by atoms with Crippen LogP contribution in [0.5, 0.6) is 0 Å². The summed E-state index contributed by atoms with van der Waals surface area (Å²) in [6, 6.07) is 0. The maximum Gasteiger partial charge on any atom is 0.176 e. The summed E-state index contributed by atoms with van der Waals surface area (Å²) in [6.45, 7) is 10.3. The SMILES string of the molecule is CCOCc1nc(CCCn2cncn2)n(C(C)(C)C)n1. The van der Waals surface area contributed by atoms with Crippen molar-refractivity contribution in [2.75, 3.05) is 6.61 Å². The van der Waals surface area contributed by atoms with Crippen LogP contribution in [0.1, 0.15) is 45.8 Å². The third-order valence-electron chi connectivity index (χ3n) is 3.04. The molecule has 0 saturated heterocycles. The highest BCUT2D eigenvalue weighted by molar-refractivity contribution is 4.96. The van der Waals surface area contributed by atoms with Crippen LogP contribution in [0.3, 0.4) is 0 Å². The minimum atomic E-state index is -0.0833. The molecule has 2 aromatic heterocycles. The van der Waals surface area contributed by atoms with Gasteiger partial charge in [0, 0.05) is 19.6 Å². The fourth-order valence-corrected chi connectivity index (χ4v) is 2.09. The zero-order valence-electron chi connectivity index (χ0n) is 13.3. The van der Waals surface area contributed by atoms with Crippen LogP contribution in [0.25, 0.3) is 0 Å². The van der Waals surface area contributed by atoms with E-state index >= 15 is 0 Å². The first-order valence-electron chi connectivity index (χ1n) is 7.36. The Bertz CT molecular complexity index is 540. The number of hydrogen-bond acceptors (Lipinski definition) is 5. The summed E-state index contributed by atoms with van der Waals surface area (Å²) >= 11 is 0. The van der Waals surface area contributed by atoms with Crippen molar-refractivity contribution in [3.05, 3.63) is 24.3 Å². The molecule has 0 aromatic carbocycles. The van der Waals surface area contributed by atoms with Crippen LogP contribution >= 0.6 is 0 Å². The third-order valence-corrected chi connectivity index (χ3v) is 3.04. The number of nitrogens with zero attached hydrogens (tertiary/aromatic N) is 6. The molecule has 21 heavy (non-hydrogen) atoms. The average Bonchev–Trinajstić information content (AvgIpc) is 3.05. The number of ether oxygens (including phenoxy) is 1. The monoisotopic (exact) mass is 292 g/mol. The standard InChI is InChI=1S/C14H24N6O/c1-5-21-9-12-17-13(20(18-12)14(2,3)4)7-6-8-19-11-15-10-16-19/h10-11H,5-9H2,1-4H3. The van der Waals surface area contributed by atoms with Gasteiger partial charge in [0.25, 0.3) is 0 Å². The van der Waals surface area contributed by atoms with Gasteiger partial charge < -0.3 is 4.74 Å². The van der Waals surface area contributed by atoms with Crippen LogP contribution < -0.4 is 0 Å². The van der Waals surface area contributed by atoms with Crippen molar-refractivity contribution < 1.29 is 4.74 Å². The Morgan fingerprint density at radius 2 is 2.10 bits per heavy atom. The minimum Gasteiger partial charge on any atom is -0.374 e. The van der Waals surface area contributed by atoms with Crippen molar-refractivity contribution in [1.82, 2.24) is 29.5 Å². The van der Waals surface area contributed by atoms with Crippen LogP contribution in [-0.4, -0.2) is 36.1 Å². The first-order chi connectivity index (χ1) is 10.0. The van der Waals surface area contributed by atoms with E-state index < -0.39 is 0 Å². The maximum absolute atomic E-state index is 5.40. The first kappa shape index (κ1) is 15.6. The van der Waals surface area contributed by atoms with Gasteiger partial charge in [0.15, 0.2) is 5.82 Å². The van der Waals surface area contributed by atoms with E-state index in [4.69, 9.17) is 4.74 Å². The number of hydrogen-bond donors (Lipinski definition) is 0. The molecular weight excluding hydrogens is 268 g/mol. The summed E-state index contributed by atoms with van der Waals surface area (Å²) in [5, 5.41) is 8.69. The second-order valence-corrected chi connectivity index (χ2v) is 5.93. The molecule has 0 aliphatic carbocycles. The maximum atomic E-state index is 5.40. The van der Waals surface area contributed by atoms with Crippen LogP contribution in [0.15, 0.2) is 12.7 Å². The summed E-state index contributed by atoms with van der Waals surface area (Å²) in [5.41, 5.74) is -0.0833. The van der Waals surface area contributed by atoms with Gasteiger partial charge in [-0.25, -0.2) is 14.6 Å². The van der Waals surface area contributed by atoms with E-state index in [1.165, 1.54) is 0 Å². The second kappa shape index (κ2) is 6.80. The summed E-state index contributed by atoms with van der Waals surface area (Å²) in [4.78, 5) is 8.56. The molecule has 0 bridgehead atoms. The Morgan fingerprint density at radius 1 is 1.29 bits per heavy atom. The lowest BCUT2D eigenvalue weighted by Crippen LogP contribution is -2.26. The zero-order valence-corrected chi connectivity index (χ0v) is 13.3. The molecule has 0 aliphatic rings. The molecule has 0 unspecified atom stereocenters. The van der Waals surface area contributed by atoms with Crippen LogP contribution in [0.2, 0.25) is 0 Å². The lowest BCUT2D eigenvalue weighted by Gasteiger charge is -2.21. The summed E-state index contributed by atoms with van der Waals surface area (Å²) in [5.74, 6) is 1.75. The summed E-state index contributed by atoms with van der Waals surface area (Å²) in [6.07, 6.45) is 5.09. The summed E-state index contributed by atoms with van der Waals surface area (Å²) in [7, 11) is 0. The highest BCUT2D eigenvalue weighted by atomic mass is 16.5. The molecule has 0 amide bonds. The van der Waals surface area contributed by atoms with Crippen molar-refractivity contribution in [3.63, 3.8) is 0 Å². The van der Waals surface area contributed by atoms with E-state index in [0.717, 1.165) is 31.0 Å². The Morgan fingerprint density at radius 3 is 2.71 bits per heavy atom. The van der Waals surface area contributed by atoms with E-state index in [2.05, 4.69) is 40.9 Å². The lowest BCUT2D eigenvalue weighted by atomic mass is 10.1. The van der Waals surface area contributed by atoms with Gasteiger partial charge in [0.05, 0.1) is 5.54 Å². The van der Waals surface area contributed by atoms with Crippen LogP contribution in [-0.2, 0) is 29.8 Å². The largest absolute Gasteiger partial charge is 0.374 e. The molecule has 7 heteroatoms. The predicted molar refractivity (Wildman–Crippen MR) is 78.7 cm³/mol. The van der Waals surface area contributed by atoms with Crippen molar-refractivity contribution in [1.29, 1.82) is 0 Å². The number of rotatable bonds is 7. The fraction of sp³-hybridized carbons (Fsp3) is 0.714.